The van der Waals surface area contributed by atoms with Crippen molar-refractivity contribution in [3.63, 3.8) is 0 Å². The van der Waals surface area contributed by atoms with Gasteiger partial charge >= 0.3 is 0 Å². The van der Waals surface area contributed by atoms with Crippen LogP contribution >= 0.6 is 11.8 Å². The Morgan fingerprint density at radius 1 is 1.22 bits per heavy atom. The molecule has 1 N–H and O–H groups in total. The average Bonchev–Trinajstić information content (AvgIpc) is 2.78. The number of hydrogen-bond acceptors (Lipinski definition) is 3. The molecule has 0 spiro atoms. The maximum atomic E-state index is 4.75. The summed E-state index contributed by atoms with van der Waals surface area (Å²) in [6, 6.07) is 8.97. The summed E-state index contributed by atoms with van der Waals surface area (Å²) in [4.78, 5) is 4.75. The molecular weight excluding hydrogens is 240 g/mol. The molecule has 18 heavy (non-hydrogen) atoms. The molecule has 1 aliphatic heterocycles. The highest BCUT2D eigenvalue weighted by molar-refractivity contribution is 8.14. The van der Waals surface area contributed by atoms with Crippen LogP contribution in [0, 0.1) is 5.92 Å². The fraction of sp³-hybridized carbons (Fsp3) is 0.533. The SMILES string of the molecule is CC(C)c1ccccc1NC1=N[C@@H](C(C)C)CS1. The number of hydrogen-bond donors (Lipinski definition) is 1. The van der Waals surface area contributed by atoms with Crippen molar-refractivity contribution < 1.29 is 0 Å². The van der Waals surface area contributed by atoms with Crippen LogP contribution in [0.1, 0.15) is 39.2 Å². The number of nitrogens with zero attached hydrogens (tertiary/aromatic N) is 1. The normalized spacial score (nSPS) is 19.4. The third-order valence-corrected chi connectivity index (χ3v) is 4.26. The van der Waals surface area contributed by atoms with Gasteiger partial charge in [-0.05, 0) is 23.5 Å². The molecular formula is C15H22N2S. The molecule has 0 fully saturated rings. The monoisotopic (exact) mass is 262 g/mol. The van der Waals surface area contributed by atoms with Gasteiger partial charge in [0.2, 0.25) is 0 Å². The zero-order chi connectivity index (χ0) is 13.1. The fourth-order valence-corrected chi connectivity index (χ4v) is 3.21. The Bertz CT molecular complexity index is 438. The topological polar surface area (TPSA) is 24.4 Å². The Morgan fingerprint density at radius 2 is 1.94 bits per heavy atom. The van der Waals surface area contributed by atoms with E-state index in [0.29, 0.717) is 17.9 Å². The van der Waals surface area contributed by atoms with Crippen LogP contribution in [0.3, 0.4) is 0 Å². The fourth-order valence-electron chi connectivity index (χ4n) is 2.03. The van der Waals surface area contributed by atoms with E-state index in [1.807, 2.05) is 11.8 Å². The van der Waals surface area contributed by atoms with Crippen molar-refractivity contribution in [1.82, 2.24) is 0 Å². The summed E-state index contributed by atoms with van der Waals surface area (Å²) < 4.78 is 0. The molecule has 98 valence electrons. The summed E-state index contributed by atoms with van der Waals surface area (Å²) in [5.41, 5.74) is 2.55. The predicted molar refractivity (Wildman–Crippen MR) is 82.7 cm³/mol. The first kappa shape index (κ1) is 13.5. The van der Waals surface area contributed by atoms with Crippen LogP contribution in [0.25, 0.3) is 0 Å². The van der Waals surface area contributed by atoms with E-state index in [1.165, 1.54) is 11.3 Å². The molecule has 0 unspecified atom stereocenters. The highest BCUT2D eigenvalue weighted by Crippen LogP contribution is 2.28. The second-order valence-electron chi connectivity index (χ2n) is 5.42. The molecule has 0 saturated carbocycles. The van der Waals surface area contributed by atoms with Gasteiger partial charge in [-0.2, -0.15) is 0 Å². The molecule has 2 rings (SSSR count). The van der Waals surface area contributed by atoms with E-state index in [9.17, 15) is 0 Å². The first-order chi connectivity index (χ1) is 8.58. The minimum absolute atomic E-state index is 0.462. The lowest BCUT2D eigenvalue weighted by molar-refractivity contribution is 0.543. The number of aliphatic imine (C=N–C) groups is 1. The molecule has 0 bridgehead atoms. The highest BCUT2D eigenvalue weighted by Gasteiger charge is 2.21. The Kier molecular flexibility index (Phi) is 4.33. The van der Waals surface area contributed by atoms with E-state index in [2.05, 4.69) is 57.3 Å². The van der Waals surface area contributed by atoms with E-state index in [0.717, 1.165) is 10.9 Å². The van der Waals surface area contributed by atoms with Crippen molar-refractivity contribution in [2.24, 2.45) is 10.9 Å². The summed E-state index contributed by atoms with van der Waals surface area (Å²) in [6.45, 7) is 8.92. The predicted octanol–water partition coefficient (Wildman–Crippen LogP) is 4.35. The number of anilines is 1. The molecule has 3 heteroatoms. The van der Waals surface area contributed by atoms with Gasteiger partial charge in [-0.3, -0.25) is 4.99 Å². The average molecular weight is 262 g/mol. The van der Waals surface area contributed by atoms with Crippen molar-refractivity contribution in [3.8, 4) is 0 Å². The smallest absolute Gasteiger partial charge is 0.161 e. The van der Waals surface area contributed by atoms with E-state index >= 15 is 0 Å². The van der Waals surface area contributed by atoms with Gasteiger partial charge in [-0.25, -0.2) is 0 Å². The number of para-hydroxylation sites is 1. The van der Waals surface area contributed by atoms with E-state index < -0.39 is 0 Å². The molecule has 1 aliphatic rings. The van der Waals surface area contributed by atoms with Gasteiger partial charge in [0.1, 0.15) is 0 Å². The van der Waals surface area contributed by atoms with E-state index in [1.54, 1.807) is 0 Å². The minimum atomic E-state index is 0.462. The van der Waals surface area contributed by atoms with Crippen LogP contribution in [0.2, 0.25) is 0 Å². The number of benzene rings is 1. The van der Waals surface area contributed by atoms with Crippen molar-refractivity contribution in [1.29, 1.82) is 0 Å². The van der Waals surface area contributed by atoms with E-state index in [4.69, 9.17) is 4.99 Å². The number of thioether (sulfide) groups is 1. The first-order valence-corrected chi connectivity index (χ1v) is 7.63. The number of nitrogens with one attached hydrogen (secondary N) is 1. The summed E-state index contributed by atoms with van der Waals surface area (Å²) in [7, 11) is 0. The lowest BCUT2D eigenvalue weighted by Gasteiger charge is -2.13. The Hall–Kier alpha value is -0.960. The Balaban J connectivity index is 2.13. The second kappa shape index (κ2) is 5.79. The van der Waals surface area contributed by atoms with Gasteiger partial charge < -0.3 is 5.32 Å². The van der Waals surface area contributed by atoms with Crippen molar-refractivity contribution in [2.75, 3.05) is 11.1 Å². The third kappa shape index (κ3) is 3.08. The van der Waals surface area contributed by atoms with Crippen LogP contribution in [0.5, 0.6) is 0 Å². The lowest BCUT2D eigenvalue weighted by Crippen LogP contribution is -2.12. The molecule has 1 aromatic carbocycles. The molecule has 0 aliphatic carbocycles. The standard InChI is InChI=1S/C15H22N2S/c1-10(2)12-7-5-6-8-13(12)16-15-17-14(9-18-15)11(3)4/h5-8,10-11,14H,9H2,1-4H3,(H,16,17)/t14-/m1/s1. The van der Waals surface area contributed by atoms with Crippen LogP contribution < -0.4 is 5.32 Å². The number of rotatable bonds is 3. The summed E-state index contributed by atoms with van der Waals surface area (Å²) in [5, 5.41) is 4.56. The summed E-state index contributed by atoms with van der Waals surface area (Å²) in [5.74, 6) is 2.25. The quantitative estimate of drug-likeness (QED) is 0.875. The number of amidine groups is 1. The second-order valence-corrected chi connectivity index (χ2v) is 6.43. The molecule has 0 aromatic heterocycles. The molecule has 0 radical (unpaired) electrons. The molecule has 2 nitrogen and oxygen atoms in total. The van der Waals surface area contributed by atoms with Crippen molar-refractivity contribution in [3.05, 3.63) is 29.8 Å². The molecule has 1 atom stereocenters. The third-order valence-electron chi connectivity index (χ3n) is 3.27. The van der Waals surface area contributed by atoms with Crippen LogP contribution in [-0.2, 0) is 0 Å². The zero-order valence-electron chi connectivity index (χ0n) is 11.6. The van der Waals surface area contributed by atoms with Crippen LogP contribution in [0.4, 0.5) is 5.69 Å². The van der Waals surface area contributed by atoms with Gasteiger partial charge in [0, 0.05) is 11.4 Å². The molecule has 1 aromatic rings. The minimum Gasteiger partial charge on any atom is -0.335 e. The van der Waals surface area contributed by atoms with Crippen molar-refractivity contribution >= 4 is 22.6 Å². The molecule has 0 saturated heterocycles. The largest absolute Gasteiger partial charge is 0.335 e. The van der Waals surface area contributed by atoms with E-state index in [-0.39, 0.29) is 0 Å². The highest BCUT2D eigenvalue weighted by atomic mass is 32.2. The Morgan fingerprint density at radius 3 is 2.56 bits per heavy atom. The Labute approximate surface area is 114 Å². The maximum absolute atomic E-state index is 4.75. The molecule has 1 heterocycles. The molecule has 0 amide bonds. The van der Waals surface area contributed by atoms with Gasteiger partial charge in [-0.15, -0.1) is 0 Å². The van der Waals surface area contributed by atoms with Crippen LogP contribution in [-0.4, -0.2) is 17.0 Å². The first-order valence-electron chi connectivity index (χ1n) is 6.64. The summed E-state index contributed by atoms with van der Waals surface area (Å²) >= 11 is 1.83. The lowest BCUT2D eigenvalue weighted by atomic mass is 10.0. The van der Waals surface area contributed by atoms with Gasteiger partial charge in [0.05, 0.1) is 6.04 Å². The van der Waals surface area contributed by atoms with Gasteiger partial charge in [0.25, 0.3) is 0 Å². The zero-order valence-corrected chi connectivity index (χ0v) is 12.4. The van der Waals surface area contributed by atoms with Gasteiger partial charge in [-0.1, -0.05) is 57.7 Å². The van der Waals surface area contributed by atoms with Crippen LogP contribution in [0.15, 0.2) is 29.3 Å². The van der Waals surface area contributed by atoms with Crippen molar-refractivity contribution in [2.45, 2.75) is 39.7 Å². The maximum Gasteiger partial charge on any atom is 0.161 e. The van der Waals surface area contributed by atoms with Gasteiger partial charge in [0.15, 0.2) is 5.17 Å². The summed E-state index contributed by atoms with van der Waals surface area (Å²) in [6.07, 6.45) is 0.